The minimum atomic E-state index is -0.354. The predicted octanol–water partition coefficient (Wildman–Crippen LogP) is 4.04. The Balaban J connectivity index is 1.31. The molecule has 2 N–H and O–H groups in total. The summed E-state index contributed by atoms with van der Waals surface area (Å²) in [7, 11) is 0. The van der Waals surface area contributed by atoms with Gasteiger partial charge in [0.05, 0.1) is 11.8 Å². The van der Waals surface area contributed by atoms with Crippen LogP contribution in [-0.4, -0.2) is 23.9 Å². The highest BCUT2D eigenvalue weighted by Crippen LogP contribution is 2.57. The van der Waals surface area contributed by atoms with E-state index in [4.69, 9.17) is 16.3 Å². The second-order valence-electron chi connectivity index (χ2n) is 8.36. The first-order valence-electron chi connectivity index (χ1n) is 10.1. The third kappa shape index (κ3) is 3.06. The second-order valence-corrected chi connectivity index (χ2v) is 8.77. The van der Waals surface area contributed by atoms with E-state index in [1.807, 2.05) is 6.92 Å². The standard InChI is InChI=1S/C23H21ClN2O4/c1-11-16(24)6-3-7-17(11)26-21(27)12-4-2-5-14(8-12)25-22(28)19-13-9-15-18(10-13)30-23(29)20(15)19/h2-8,13,15,18-20H,9-10H2,1H3,(H,25,28)(H,26,27)/t13-,15+,18-,19+,20+/m1/s1. The van der Waals surface area contributed by atoms with Crippen molar-refractivity contribution in [1.82, 2.24) is 0 Å². The number of nitrogens with one attached hydrogen (secondary N) is 2. The Kier molecular flexibility index (Phi) is 4.54. The number of esters is 1. The Morgan fingerprint density at radius 3 is 2.73 bits per heavy atom. The summed E-state index contributed by atoms with van der Waals surface area (Å²) in [4.78, 5) is 37.8. The van der Waals surface area contributed by atoms with Gasteiger partial charge in [0.1, 0.15) is 6.10 Å². The van der Waals surface area contributed by atoms with E-state index in [-0.39, 0.29) is 47.6 Å². The van der Waals surface area contributed by atoms with E-state index in [0.29, 0.717) is 22.0 Å². The number of rotatable bonds is 4. The van der Waals surface area contributed by atoms with E-state index in [2.05, 4.69) is 10.6 Å². The molecule has 5 rings (SSSR count). The number of amides is 2. The van der Waals surface area contributed by atoms with Crippen molar-refractivity contribution in [3.8, 4) is 0 Å². The van der Waals surface area contributed by atoms with Gasteiger partial charge in [0.25, 0.3) is 5.91 Å². The molecule has 3 aliphatic rings. The number of hydrogen-bond donors (Lipinski definition) is 2. The molecular weight excluding hydrogens is 404 g/mol. The van der Waals surface area contributed by atoms with Crippen LogP contribution in [-0.2, 0) is 14.3 Å². The molecule has 2 saturated carbocycles. The van der Waals surface area contributed by atoms with Crippen molar-refractivity contribution in [2.24, 2.45) is 23.7 Å². The van der Waals surface area contributed by atoms with Crippen LogP contribution >= 0.6 is 11.6 Å². The van der Waals surface area contributed by atoms with Crippen molar-refractivity contribution in [2.45, 2.75) is 25.9 Å². The molecule has 2 aromatic carbocycles. The highest BCUT2D eigenvalue weighted by Gasteiger charge is 2.63. The molecule has 5 atom stereocenters. The Morgan fingerprint density at radius 2 is 1.90 bits per heavy atom. The fraction of sp³-hybridized carbons (Fsp3) is 0.348. The van der Waals surface area contributed by atoms with Crippen molar-refractivity contribution in [2.75, 3.05) is 10.6 Å². The molecule has 1 aliphatic heterocycles. The van der Waals surface area contributed by atoms with Gasteiger partial charge in [0.15, 0.2) is 0 Å². The summed E-state index contributed by atoms with van der Waals surface area (Å²) in [5, 5.41) is 6.34. The van der Waals surface area contributed by atoms with Gasteiger partial charge in [-0.25, -0.2) is 0 Å². The molecule has 2 aliphatic carbocycles. The van der Waals surface area contributed by atoms with Crippen molar-refractivity contribution in [3.05, 3.63) is 58.6 Å². The summed E-state index contributed by atoms with van der Waals surface area (Å²) in [5.41, 5.74) is 2.37. The van der Waals surface area contributed by atoms with Gasteiger partial charge < -0.3 is 15.4 Å². The van der Waals surface area contributed by atoms with Crippen LogP contribution < -0.4 is 10.6 Å². The summed E-state index contributed by atoms with van der Waals surface area (Å²) in [6.07, 6.45) is 1.64. The first-order chi connectivity index (χ1) is 14.4. The van der Waals surface area contributed by atoms with Crippen LogP contribution in [0.4, 0.5) is 11.4 Å². The highest BCUT2D eigenvalue weighted by molar-refractivity contribution is 6.31. The fourth-order valence-corrected chi connectivity index (χ4v) is 5.44. The van der Waals surface area contributed by atoms with Crippen molar-refractivity contribution in [1.29, 1.82) is 0 Å². The van der Waals surface area contributed by atoms with E-state index in [9.17, 15) is 14.4 Å². The Hall–Kier alpha value is -2.86. The summed E-state index contributed by atoms with van der Waals surface area (Å²) >= 11 is 6.12. The molecule has 0 radical (unpaired) electrons. The molecule has 6 nitrogen and oxygen atoms in total. The smallest absolute Gasteiger partial charge is 0.310 e. The zero-order chi connectivity index (χ0) is 21.0. The number of anilines is 2. The maximum absolute atomic E-state index is 13.0. The molecule has 2 bridgehead atoms. The molecule has 154 valence electrons. The summed E-state index contributed by atoms with van der Waals surface area (Å²) in [6, 6.07) is 12.1. The van der Waals surface area contributed by atoms with Gasteiger partial charge in [-0.15, -0.1) is 0 Å². The van der Waals surface area contributed by atoms with Crippen molar-refractivity contribution < 1.29 is 19.1 Å². The number of fused-ring (bicyclic) bond motifs is 1. The topological polar surface area (TPSA) is 84.5 Å². The molecule has 1 saturated heterocycles. The average molecular weight is 425 g/mol. The molecule has 0 unspecified atom stereocenters. The normalized spacial score (nSPS) is 28.3. The van der Waals surface area contributed by atoms with Crippen LogP contribution in [0.1, 0.15) is 28.8 Å². The van der Waals surface area contributed by atoms with E-state index < -0.39 is 0 Å². The Bertz CT molecular complexity index is 1070. The molecule has 3 fully saturated rings. The van der Waals surface area contributed by atoms with Crippen molar-refractivity contribution >= 4 is 40.8 Å². The first-order valence-corrected chi connectivity index (χ1v) is 10.5. The first kappa shape index (κ1) is 19.1. The molecule has 0 aromatic heterocycles. The van der Waals surface area contributed by atoms with Crippen LogP contribution in [0.15, 0.2) is 42.5 Å². The Morgan fingerprint density at radius 1 is 1.10 bits per heavy atom. The number of benzene rings is 2. The molecule has 7 heteroatoms. The third-order valence-corrected chi connectivity index (χ3v) is 7.10. The minimum Gasteiger partial charge on any atom is -0.462 e. The van der Waals surface area contributed by atoms with E-state index in [1.165, 1.54) is 0 Å². The maximum Gasteiger partial charge on any atom is 0.310 e. The Labute approximate surface area is 178 Å². The maximum atomic E-state index is 13.0. The molecule has 0 spiro atoms. The summed E-state index contributed by atoms with van der Waals surface area (Å²) in [6.45, 7) is 1.84. The zero-order valence-corrected chi connectivity index (χ0v) is 17.1. The molecule has 2 aromatic rings. The minimum absolute atomic E-state index is 0.00137. The van der Waals surface area contributed by atoms with Crippen LogP contribution in [0, 0.1) is 30.6 Å². The number of carbonyl (C=O) groups excluding carboxylic acids is 3. The third-order valence-electron chi connectivity index (χ3n) is 6.69. The van der Waals surface area contributed by atoms with Crippen LogP contribution in [0.25, 0.3) is 0 Å². The van der Waals surface area contributed by atoms with Gasteiger partial charge in [-0.3, -0.25) is 14.4 Å². The lowest BCUT2D eigenvalue weighted by Crippen LogP contribution is -2.35. The van der Waals surface area contributed by atoms with E-state index >= 15 is 0 Å². The molecule has 30 heavy (non-hydrogen) atoms. The second kappa shape index (κ2) is 7.13. The SMILES string of the molecule is Cc1c(Cl)cccc1NC(=O)c1cccc(NC(=O)[C@H]2[C@@H]3C[C@@H]4[C@@H]2C(=O)O[C@@H]4C3)c1. The largest absolute Gasteiger partial charge is 0.462 e. The van der Waals surface area contributed by atoms with Crippen LogP contribution in [0.2, 0.25) is 5.02 Å². The molecule has 1 heterocycles. The average Bonchev–Trinajstić information content (AvgIpc) is 3.34. The quantitative estimate of drug-likeness (QED) is 0.725. The number of carbonyl (C=O) groups is 3. The highest BCUT2D eigenvalue weighted by atomic mass is 35.5. The number of halogens is 1. The fourth-order valence-electron chi connectivity index (χ4n) is 5.26. The lowest BCUT2D eigenvalue weighted by atomic mass is 9.79. The van der Waals surface area contributed by atoms with Gasteiger partial charge in [0.2, 0.25) is 5.91 Å². The monoisotopic (exact) mass is 424 g/mol. The van der Waals surface area contributed by atoms with Crippen LogP contribution in [0.3, 0.4) is 0 Å². The van der Waals surface area contributed by atoms with Gasteiger partial charge in [-0.2, -0.15) is 0 Å². The summed E-state index contributed by atoms with van der Waals surface area (Å²) < 4.78 is 5.41. The molecular formula is C23H21ClN2O4. The number of ether oxygens (including phenoxy) is 1. The van der Waals surface area contributed by atoms with Gasteiger partial charge in [-0.1, -0.05) is 23.7 Å². The van der Waals surface area contributed by atoms with Crippen molar-refractivity contribution in [3.63, 3.8) is 0 Å². The number of hydrogen-bond acceptors (Lipinski definition) is 4. The lowest BCUT2D eigenvalue weighted by molar-refractivity contribution is -0.145. The van der Waals surface area contributed by atoms with Gasteiger partial charge in [0, 0.05) is 27.9 Å². The van der Waals surface area contributed by atoms with Gasteiger partial charge >= 0.3 is 5.97 Å². The lowest BCUT2D eigenvalue weighted by Gasteiger charge is -2.23. The zero-order valence-electron chi connectivity index (χ0n) is 16.4. The molecule has 2 amide bonds. The van der Waals surface area contributed by atoms with Gasteiger partial charge in [-0.05, 0) is 61.6 Å². The van der Waals surface area contributed by atoms with Crippen LogP contribution in [0.5, 0.6) is 0 Å². The predicted molar refractivity (Wildman–Crippen MR) is 112 cm³/mol. The summed E-state index contributed by atoms with van der Waals surface area (Å²) in [5.74, 6) is -1.02. The van der Waals surface area contributed by atoms with E-state index in [1.54, 1.807) is 42.5 Å². The van der Waals surface area contributed by atoms with E-state index in [0.717, 1.165) is 18.4 Å².